The third-order valence-corrected chi connectivity index (χ3v) is 3.41. The number of para-hydroxylation sites is 1. The van der Waals surface area contributed by atoms with Gasteiger partial charge in [-0.25, -0.2) is 4.39 Å². The summed E-state index contributed by atoms with van der Waals surface area (Å²) in [5.74, 6) is -0.808. The van der Waals surface area contributed by atoms with Gasteiger partial charge in [0, 0.05) is 10.6 Å². The molecule has 0 aromatic heterocycles. The number of nitrogen functional groups attached to an aromatic ring is 1. The predicted molar refractivity (Wildman–Crippen MR) is 77.0 cm³/mol. The Morgan fingerprint density at radius 3 is 2.68 bits per heavy atom. The first-order valence-corrected chi connectivity index (χ1v) is 6.83. The highest BCUT2D eigenvalue weighted by molar-refractivity contribution is 7.98. The van der Waals surface area contributed by atoms with Crippen molar-refractivity contribution < 1.29 is 9.18 Å². The molecule has 3 N–H and O–H groups in total. The second-order valence-corrected chi connectivity index (χ2v) is 4.73. The Bertz CT molecular complexity index is 616. The second kappa shape index (κ2) is 5.75. The number of carbonyl (C=O) groups excluding carboxylic acids is 1. The van der Waals surface area contributed by atoms with Gasteiger partial charge in [0.05, 0.1) is 11.3 Å². The summed E-state index contributed by atoms with van der Waals surface area (Å²) in [5.41, 5.74) is 6.74. The van der Waals surface area contributed by atoms with Crippen molar-refractivity contribution in [1.29, 1.82) is 0 Å². The molecule has 2 rings (SSSR count). The van der Waals surface area contributed by atoms with Gasteiger partial charge in [0.25, 0.3) is 5.91 Å². The monoisotopic (exact) mass is 276 g/mol. The number of carbonyl (C=O) groups is 1. The molecule has 98 valence electrons. The zero-order valence-electron chi connectivity index (χ0n) is 10.3. The molecule has 1 amide bonds. The average molecular weight is 276 g/mol. The Balaban J connectivity index is 2.26. The molecule has 0 saturated carbocycles. The SMILES string of the molecule is CSc1ccccc1NC(=O)c1ccc(F)cc1N. The quantitative estimate of drug-likeness (QED) is 0.667. The van der Waals surface area contributed by atoms with Gasteiger partial charge in [-0.05, 0) is 36.6 Å². The molecule has 0 bridgehead atoms. The minimum atomic E-state index is -0.460. The largest absolute Gasteiger partial charge is 0.398 e. The van der Waals surface area contributed by atoms with Crippen LogP contribution in [0.2, 0.25) is 0 Å². The van der Waals surface area contributed by atoms with Crippen LogP contribution in [0.5, 0.6) is 0 Å². The molecule has 0 aliphatic carbocycles. The first kappa shape index (κ1) is 13.4. The van der Waals surface area contributed by atoms with E-state index in [0.717, 1.165) is 11.0 Å². The van der Waals surface area contributed by atoms with Crippen LogP contribution in [0.3, 0.4) is 0 Å². The van der Waals surface area contributed by atoms with Crippen molar-refractivity contribution in [2.75, 3.05) is 17.3 Å². The van der Waals surface area contributed by atoms with E-state index in [9.17, 15) is 9.18 Å². The first-order chi connectivity index (χ1) is 9.11. The number of amides is 1. The van der Waals surface area contributed by atoms with E-state index in [-0.39, 0.29) is 17.2 Å². The topological polar surface area (TPSA) is 55.1 Å². The maximum absolute atomic E-state index is 12.9. The molecule has 2 aromatic rings. The molecule has 0 heterocycles. The summed E-state index contributed by atoms with van der Waals surface area (Å²) >= 11 is 1.53. The predicted octanol–water partition coefficient (Wildman–Crippen LogP) is 3.38. The van der Waals surface area contributed by atoms with Crippen LogP contribution in [0.4, 0.5) is 15.8 Å². The van der Waals surface area contributed by atoms with Crippen LogP contribution in [0.25, 0.3) is 0 Å². The maximum Gasteiger partial charge on any atom is 0.257 e. The Morgan fingerprint density at radius 2 is 2.00 bits per heavy atom. The van der Waals surface area contributed by atoms with Crippen LogP contribution < -0.4 is 11.1 Å². The minimum absolute atomic E-state index is 0.124. The van der Waals surface area contributed by atoms with Gasteiger partial charge in [0.2, 0.25) is 0 Å². The number of nitrogens with two attached hydrogens (primary N) is 1. The van der Waals surface area contributed by atoms with Crippen LogP contribution in [-0.2, 0) is 0 Å². The summed E-state index contributed by atoms with van der Waals surface area (Å²) in [6, 6.07) is 11.2. The number of hydrogen-bond acceptors (Lipinski definition) is 3. The molecule has 3 nitrogen and oxygen atoms in total. The van der Waals surface area contributed by atoms with Crippen molar-refractivity contribution in [2.24, 2.45) is 0 Å². The van der Waals surface area contributed by atoms with Crippen molar-refractivity contribution in [3.05, 3.63) is 53.8 Å². The van der Waals surface area contributed by atoms with Crippen LogP contribution >= 0.6 is 11.8 Å². The molecule has 0 atom stereocenters. The first-order valence-electron chi connectivity index (χ1n) is 5.61. The smallest absolute Gasteiger partial charge is 0.257 e. The average Bonchev–Trinajstić information content (AvgIpc) is 2.39. The Kier molecular flexibility index (Phi) is 4.06. The number of nitrogens with one attached hydrogen (secondary N) is 1. The highest BCUT2D eigenvalue weighted by Crippen LogP contribution is 2.25. The fourth-order valence-corrected chi connectivity index (χ4v) is 2.23. The molecular formula is C14H13FN2OS. The number of thioether (sulfide) groups is 1. The summed E-state index contributed by atoms with van der Waals surface area (Å²) in [4.78, 5) is 13.0. The fourth-order valence-electron chi connectivity index (χ4n) is 1.68. The van der Waals surface area contributed by atoms with E-state index in [0.29, 0.717) is 5.69 Å². The summed E-state index contributed by atoms with van der Waals surface area (Å²) in [6.07, 6.45) is 1.93. The van der Waals surface area contributed by atoms with E-state index in [1.54, 1.807) is 0 Å². The second-order valence-electron chi connectivity index (χ2n) is 3.89. The van der Waals surface area contributed by atoms with Crippen molar-refractivity contribution in [3.63, 3.8) is 0 Å². The molecule has 2 aromatic carbocycles. The minimum Gasteiger partial charge on any atom is -0.398 e. The lowest BCUT2D eigenvalue weighted by atomic mass is 10.1. The van der Waals surface area contributed by atoms with Crippen LogP contribution in [0, 0.1) is 5.82 Å². The molecule has 0 aliphatic heterocycles. The molecule has 0 fully saturated rings. The Labute approximate surface area is 115 Å². The van der Waals surface area contributed by atoms with Gasteiger partial charge >= 0.3 is 0 Å². The number of rotatable bonds is 3. The van der Waals surface area contributed by atoms with Gasteiger partial charge in [-0.3, -0.25) is 4.79 Å². The Hall–Kier alpha value is -2.01. The third-order valence-electron chi connectivity index (χ3n) is 2.61. The Morgan fingerprint density at radius 1 is 1.26 bits per heavy atom. The lowest BCUT2D eigenvalue weighted by Gasteiger charge is -2.10. The van der Waals surface area contributed by atoms with E-state index in [1.165, 1.54) is 23.9 Å². The van der Waals surface area contributed by atoms with Gasteiger partial charge in [0.1, 0.15) is 5.82 Å². The van der Waals surface area contributed by atoms with Crippen molar-refractivity contribution in [2.45, 2.75) is 4.90 Å². The molecular weight excluding hydrogens is 263 g/mol. The van der Waals surface area contributed by atoms with Gasteiger partial charge in [-0.15, -0.1) is 11.8 Å². The molecule has 5 heteroatoms. The van der Waals surface area contributed by atoms with Gasteiger partial charge in [-0.2, -0.15) is 0 Å². The van der Waals surface area contributed by atoms with E-state index < -0.39 is 5.82 Å². The molecule has 0 saturated heterocycles. The van der Waals surface area contributed by atoms with E-state index in [2.05, 4.69) is 5.32 Å². The number of benzene rings is 2. The van der Waals surface area contributed by atoms with Crippen molar-refractivity contribution >= 4 is 29.0 Å². The molecule has 0 unspecified atom stereocenters. The maximum atomic E-state index is 12.9. The summed E-state index contributed by atoms with van der Waals surface area (Å²) < 4.78 is 12.9. The van der Waals surface area contributed by atoms with Gasteiger partial charge < -0.3 is 11.1 Å². The third kappa shape index (κ3) is 3.06. The zero-order chi connectivity index (χ0) is 13.8. The van der Waals surface area contributed by atoms with Gasteiger partial charge in [0.15, 0.2) is 0 Å². The lowest BCUT2D eigenvalue weighted by Crippen LogP contribution is -2.14. The standard InChI is InChI=1S/C14H13FN2OS/c1-19-13-5-3-2-4-12(13)17-14(18)10-7-6-9(15)8-11(10)16/h2-8H,16H2,1H3,(H,17,18). The fraction of sp³-hybridized carbons (Fsp3) is 0.0714. The number of hydrogen-bond donors (Lipinski definition) is 2. The molecule has 19 heavy (non-hydrogen) atoms. The number of halogens is 1. The zero-order valence-corrected chi connectivity index (χ0v) is 11.1. The molecule has 0 aliphatic rings. The van der Waals surface area contributed by atoms with Gasteiger partial charge in [-0.1, -0.05) is 12.1 Å². The highest BCUT2D eigenvalue weighted by Gasteiger charge is 2.12. The van der Waals surface area contributed by atoms with E-state index >= 15 is 0 Å². The van der Waals surface area contributed by atoms with E-state index in [1.807, 2.05) is 30.5 Å². The van der Waals surface area contributed by atoms with Crippen molar-refractivity contribution in [1.82, 2.24) is 0 Å². The molecule has 0 radical (unpaired) electrons. The van der Waals surface area contributed by atoms with Crippen LogP contribution in [0.15, 0.2) is 47.4 Å². The summed E-state index contributed by atoms with van der Waals surface area (Å²) in [7, 11) is 0. The normalized spacial score (nSPS) is 10.2. The van der Waals surface area contributed by atoms with E-state index in [4.69, 9.17) is 5.73 Å². The summed E-state index contributed by atoms with van der Waals surface area (Å²) in [6.45, 7) is 0. The summed E-state index contributed by atoms with van der Waals surface area (Å²) in [5, 5.41) is 2.78. The lowest BCUT2D eigenvalue weighted by molar-refractivity contribution is 0.102. The van der Waals surface area contributed by atoms with Crippen LogP contribution in [0.1, 0.15) is 10.4 Å². The highest BCUT2D eigenvalue weighted by atomic mass is 32.2. The van der Waals surface area contributed by atoms with Crippen LogP contribution in [-0.4, -0.2) is 12.2 Å². The molecule has 0 spiro atoms. The van der Waals surface area contributed by atoms with Crippen molar-refractivity contribution in [3.8, 4) is 0 Å². The number of anilines is 2.